The first-order valence-corrected chi connectivity index (χ1v) is 8.38. The summed E-state index contributed by atoms with van der Waals surface area (Å²) < 4.78 is 0. The van der Waals surface area contributed by atoms with Gasteiger partial charge in [0.2, 0.25) is 5.91 Å². The second kappa shape index (κ2) is 7.16. The SMILES string of the molecule is CC(=O)Nc1cccc2c1CCN(CC(O)c1ccc(C)cc1)C2. The average Bonchev–Trinajstić information content (AvgIpc) is 2.55. The van der Waals surface area contributed by atoms with E-state index in [4.69, 9.17) is 0 Å². The van der Waals surface area contributed by atoms with E-state index < -0.39 is 6.10 Å². The Hall–Kier alpha value is -2.17. The van der Waals surface area contributed by atoms with Crippen molar-refractivity contribution in [2.45, 2.75) is 32.9 Å². The molecule has 0 fully saturated rings. The van der Waals surface area contributed by atoms with Crippen LogP contribution in [0.3, 0.4) is 0 Å². The van der Waals surface area contributed by atoms with E-state index in [1.807, 2.05) is 43.3 Å². The van der Waals surface area contributed by atoms with Crippen molar-refractivity contribution in [3.05, 3.63) is 64.7 Å². The molecule has 0 spiro atoms. The molecule has 3 rings (SSSR count). The van der Waals surface area contributed by atoms with Gasteiger partial charge in [-0.3, -0.25) is 9.69 Å². The third-order valence-corrected chi connectivity index (χ3v) is 4.55. The van der Waals surface area contributed by atoms with Crippen LogP contribution >= 0.6 is 0 Å². The van der Waals surface area contributed by atoms with Crippen molar-refractivity contribution in [3.8, 4) is 0 Å². The highest BCUT2D eigenvalue weighted by Gasteiger charge is 2.21. The number of amides is 1. The van der Waals surface area contributed by atoms with Crippen molar-refractivity contribution >= 4 is 11.6 Å². The maximum absolute atomic E-state index is 11.3. The normalized spacial score (nSPS) is 15.6. The number of aliphatic hydroxyl groups excluding tert-OH is 1. The summed E-state index contributed by atoms with van der Waals surface area (Å²) in [4.78, 5) is 13.6. The second-order valence-electron chi connectivity index (χ2n) is 6.54. The number of hydrogen-bond acceptors (Lipinski definition) is 3. The van der Waals surface area contributed by atoms with Gasteiger partial charge in [-0.15, -0.1) is 0 Å². The lowest BCUT2D eigenvalue weighted by Crippen LogP contribution is -2.34. The van der Waals surface area contributed by atoms with Crippen LogP contribution in [0.2, 0.25) is 0 Å². The summed E-state index contributed by atoms with van der Waals surface area (Å²) in [6, 6.07) is 14.1. The molecule has 0 aromatic heterocycles. The number of β-amino-alcohol motifs (C(OH)–C–C–N with tert-alkyl or cyclic N) is 1. The molecule has 1 atom stereocenters. The molecule has 1 aliphatic heterocycles. The van der Waals surface area contributed by atoms with Crippen molar-refractivity contribution in [1.82, 2.24) is 4.90 Å². The molecule has 1 unspecified atom stereocenters. The Morgan fingerprint density at radius 3 is 2.71 bits per heavy atom. The van der Waals surface area contributed by atoms with Crippen LogP contribution in [-0.2, 0) is 17.8 Å². The van der Waals surface area contributed by atoms with Crippen LogP contribution in [0.5, 0.6) is 0 Å². The number of nitrogens with one attached hydrogen (secondary N) is 1. The van der Waals surface area contributed by atoms with Gasteiger partial charge in [-0.1, -0.05) is 42.0 Å². The molecule has 0 bridgehead atoms. The van der Waals surface area contributed by atoms with Gasteiger partial charge in [-0.2, -0.15) is 0 Å². The largest absolute Gasteiger partial charge is 0.387 e. The van der Waals surface area contributed by atoms with Crippen LogP contribution < -0.4 is 5.32 Å². The van der Waals surface area contributed by atoms with Gasteiger partial charge in [-0.05, 0) is 36.1 Å². The molecule has 0 saturated heterocycles. The topological polar surface area (TPSA) is 52.6 Å². The van der Waals surface area contributed by atoms with E-state index in [2.05, 4.69) is 16.3 Å². The predicted molar refractivity (Wildman–Crippen MR) is 95.9 cm³/mol. The lowest BCUT2D eigenvalue weighted by atomic mass is 9.97. The number of benzene rings is 2. The Morgan fingerprint density at radius 1 is 1.25 bits per heavy atom. The molecule has 1 amide bonds. The smallest absolute Gasteiger partial charge is 0.221 e. The van der Waals surface area contributed by atoms with Crippen LogP contribution in [0, 0.1) is 6.92 Å². The van der Waals surface area contributed by atoms with Gasteiger partial charge in [-0.25, -0.2) is 0 Å². The van der Waals surface area contributed by atoms with E-state index >= 15 is 0 Å². The highest BCUT2D eigenvalue weighted by atomic mass is 16.3. The lowest BCUT2D eigenvalue weighted by molar-refractivity contribution is -0.114. The van der Waals surface area contributed by atoms with Gasteiger partial charge in [0.15, 0.2) is 0 Å². The number of aryl methyl sites for hydroxylation is 1. The fraction of sp³-hybridized carbons (Fsp3) is 0.350. The standard InChI is InChI=1S/C20H24N2O2/c1-14-6-8-16(9-7-14)20(24)13-22-11-10-18-17(12-22)4-3-5-19(18)21-15(2)23/h3-9,20,24H,10-13H2,1-2H3,(H,21,23). The molecule has 0 aliphatic carbocycles. The molecular formula is C20H24N2O2. The first-order valence-electron chi connectivity index (χ1n) is 8.38. The Balaban J connectivity index is 1.69. The van der Waals surface area contributed by atoms with Gasteiger partial charge < -0.3 is 10.4 Å². The number of hydrogen-bond donors (Lipinski definition) is 2. The molecule has 2 N–H and O–H groups in total. The van der Waals surface area contributed by atoms with E-state index in [1.54, 1.807) is 0 Å². The molecule has 1 heterocycles. The van der Waals surface area contributed by atoms with Crippen LogP contribution in [-0.4, -0.2) is 29.0 Å². The molecule has 1 aliphatic rings. The first kappa shape index (κ1) is 16.7. The molecule has 2 aromatic rings. The van der Waals surface area contributed by atoms with Crippen molar-refractivity contribution in [1.29, 1.82) is 0 Å². The minimum atomic E-state index is -0.481. The zero-order chi connectivity index (χ0) is 17.1. The van der Waals surface area contributed by atoms with Gasteiger partial charge >= 0.3 is 0 Å². The molecule has 24 heavy (non-hydrogen) atoms. The summed E-state index contributed by atoms with van der Waals surface area (Å²) in [5.74, 6) is -0.0411. The molecular weight excluding hydrogens is 300 g/mol. The van der Waals surface area contributed by atoms with Crippen molar-refractivity contribution < 1.29 is 9.90 Å². The van der Waals surface area contributed by atoms with Crippen LogP contribution in [0.25, 0.3) is 0 Å². The van der Waals surface area contributed by atoms with Crippen molar-refractivity contribution in [2.24, 2.45) is 0 Å². The second-order valence-corrected chi connectivity index (χ2v) is 6.54. The van der Waals surface area contributed by atoms with Crippen molar-refractivity contribution in [2.75, 3.05) is 18.4 Å². The monoisotopic (exact) mass is 324 g/mol. The fourth-order valence-electron chi connectivity index (χ4n) is 3.27. The lowest BCUT2D eigenvalue weighted by Gasteiger charge is -2.31. The highest BCUT2D eigenvalue weighted by Crippen LogP contribution is 2.27. The van der Waals surface area contributed by atoms with Crippen LogP contribution in [0.1, 0.15) is 35.3 Å². The maximum atomic E-state index is 11.3. The Morgan fingerprint density at radius 2 is 2.00 bits per heavy atom. The van der Waals surface area contributed by atoms with E-state index in [0.29, 0.717) is 6.54 Å². The number of anilines is 1. The number of fused-ring (bicyclic) bond motifs is 1. The molecule has 0 radical (unpaired) electrons. The molecule has 0 saturated carbocycles. The minimum Gasteiger partial charge on any atom is -0.387 e. The fourth-order valence-corrected chi connectivity index (χ4v) is 3.27. The average molecular weight is 324 g/mol. The third-order valence-electron chi connectivity index (χ3n) is 4.55. The van der Waals surface area contributed by atoms with E-state index in [1.165, 1.54) is 23.6 Å². The summed E-state index contributed by atoms with van der Waals surface area (Å²) >= 11 is 0. The van der Waals surface area contributed by atoms with Gasteiger partial charge in [0.05, 0.1) is 6.10 Å². The quantitative estimate of drug-likeness (QED) is 0.909. The minimum absolute atomic E-state index is 0.0411. The Kier molecular flexibility index (Phi) is 4.97. The highest BCUT2D eigenvalue weighted by molar-refractivity contribution is 5.89. The summed E-state index contributed by atoms with van der Waals surface area (Å²) in [6.07, 6.45) is 0.400. The summed E-state index contributed by atoms with van der Waals surface area (Å²) in [7, 11) is 0. The molecule has 126 valence electrons. The number of rotatable bonds is 4. The number of carbonyl (C=O) groups excluding carboxylic acids is 1. The molecule has 4 nitrogen and oxygen atoms in total. The zero-order valence-corrected chi connectivity index (χ0v) is 14.2. The van der Waals surface area contributed by atoms with Gasteiger partial charge in [0.25, 0.3) is 0 Å². The molecule has 2 aromatic carbocycles. The number of carbonyl (C=O) groups is 1. The van der Waals surface area contributed by atoms with E-state index in [-0.39, 0.29) is 5.91 Å². The third kappa shape index (κ3) is 3.83. The van der Waals surface area contributed by atoms with Crippen LogP contribution in [0.15, 0.2) is 42.5 Å². The summed E-state index contributed by atoms with van der Waals surface area (Å²) in [6.45, 7) is 5.88. The van der Waals surface area contributed by atoms with Gasteiger partial charge in [0.1, 0.15) is 0 Å². The first-order chi connectivity index (χ1) is 11.5. The maximum Gasteiger partial charge on any atom is 0.221 e. The summed E-state index contributed by atoms with van der Waals surface area (Å²) in [5.41, 5.74) is 5.51. The Labute approximate surface area is 143 Å². The van der Waals surface area contributed by atoms with Crippen molar-refractivity contribution in [3.63, 3.8) is 0 Å². The number of nitrogens with zero attached hydrogens (tertiary/aromatic N) is 1. The van der Waals surface area contributed by atoms with E-state index in [9.17, 15) is 9.90 Å². The molecule has 4 heteroatoms. The van der Waals surface area contributed by atoms with Crippen LogP contribution in [0.4, 0.5) is 5.69 Å². The predicted octanol–water partition coefficient (Wildman–Crippen LogP) is 3.05. The Bertz CT molecular complexity index is 725. The van der Waals surface area contributed by atoms with E-state index in [0.717, 1.165) is 30.8 Å². The zero-order valence-electron chi connectivity index (χ0n) is 14.2. The number of aliphatic hydroxyl groups is 1. The van der Waals surface area contributed by atoms with Gasteiger partial charge in [0, 0.05) is 32.2 Å². The summed E-state index contributed by atoms with van der Waals surface area (Å²) in [5, 5.41) is 13.4.